The minimum Gasteiger partial charge on any atom is -0.255 e. The Morgan fingerprint density at radius 1 is 1.19 bits per heavy atom. The first-order valence-electron chi connectivity index (χ1n) is 4.66. The molecule has 0 fully saturated rings. The standard InChI is InChI=1S/C12H8Cl2IN/c1-7-5-11(16-6-10(7)15)12-8(13)3-2-4-9(12)14/h2-6H,1H3. The van der Waals surface area contributed by atoms with E-state index in [0.29, 0.717) is 10.0 Å². The summed E-state index contributed by atoms with van der Waals surface area (Å²) in [5.74, 6) is 0. The van der Waals surface area contributed by atoms with Crippen molar-refractivity contribution in [3.8, 4) is 11.3 Å². The molecule has 0 atom stereocenters. The Balaban J connectivity index is 2.63. The molecule has 2 aromatic rings. The van der Waals surface area contributed by atoms with Crippen LogP contribution in [0.5, 0.6) is 0 Å². The maximum absolute atomic E-state index is 6.13. The molecular formula is C12H8Cl2IN. The van der Waals surface area contributed by atoms with Gasteiger partial charge in [0.1, 0.15) is 0 Å². The van der Waals surface area contributed by atoms with Gasteiger partial charge < -0.3 is 0 Å². The lowest BCUT2D eigenvalue weighted by molar-refractivity contribution is 1.26. The van der Waals surface area contributed by atoms with E-state index in [9.17, 15) is 0 Å². The van der Waals surface area contributed by atoms with Crippen molar-refractivity contribution in [2.75, 3.05) is 0 Å². The number of aryl methyl sites for hydroxylation is 1. The Kier molecular flexibility index (Phi) is 3.72. The van der Waals surface area contributed by atoms with Crippen molar-refractivity contribution >= 4 is 45.8 Å². The summed E-state index contributed by atoms with van der Waals surface area (Å²) in [7, 11) is 0. The highest BCUT2D eigenvalue weighted by Gasteiger charge is 2.10. The number of rotatable bonds is 1. The largest absolute Gasteiger partial charge is 0.255 e. The molecule has 0 saturated carbocycles. The van der Waals surface area contributed by atoms with Gasteiger partial charge in [-0.3, -0.25) is 4.98 Å². The Bertz CT molecular complexity index is 520. The highest BCUT2D eigenvalue weighted by atomic mass is 127. The summed E-state index contributed by atoms with van der Waals surface area (Å²) in [5, 5.41) is 1.25. The first kappa shape index (κ1) is 12.1. The molecule has 0 amide bonds. The van der Waals surface area contributed by atoms with Crippen LogP contribution in [0.1, 0.15) is 5.56 Å². The third-order valence-corrected chi connectivity index (χ3v) is 4.03. The van der Waals surface area contributed by atoms with E-state index in [1.807, 2.05) is 37.4 Å². The van der Waals surface area contributed by atoms with Gasteiger partial charge in [-0.25, -0.2) is 0 Å². The summed E-state index contributed by atoms with van der Waals surface area (Å²) in [6.45, 7) is 2.04. The number of aromatic nitrogens is 1. The minimum atomic E-state index is 0.626. The molecule has 16 heavy (non-hydrogen) atoms. The number of hydrogen-bond acceptors (Lipinski definition) is 1. The predicted octanol–water partition coefficient (Wildman–Crippen LogP) is 4.97. The van der Waals surface area contributed by atoms with Crippen molar-refractivity contribution in [2.24, 2.45) is 0 Å². The molecule has 0 radical (unpaired) electrons. The van der Waals surface area contributed by atoms with Gasteiger partial charge in [-0.15, -0.1) is 0 Å². The van der Waals surface area contributed by atoms with Crippen molar-refractivity contribution in [1.82, 2.24) is 4.98 Å². The van der Waals surface area contributed by atoms with Crippen LogP contribution in [0.4, 0.5) is 0 Å². The van der Waals surface area contributed by atoms with Gasteiger partial charge in [0.2, 0.25) is 0 Å². The van der Waals surface area contributed by atoms with E-state index in [0.717, 1.165) is 14.8 Å². The molecule has 0 spiro atoms. The summed E-state index contributed by atoms with van der Waals surface area (Å²) < 4.78 is 1.13. The van der Waals surface area contributed by atoms with Crippen LogP contribution < -0.4 is 0 Å². The van der Waals surface area contributed by atoms with Crippen molar-refractivity contribution in [3.63, 3.8) is 0 Å². The molecule has 1 nitrogen and oxygen atoms in total. The molecule has 0 N–H and O–H groups in total. The van der Waals surface area contributed by atoms with E-state index >= 15 is 0 Å². The van der Waals surface area contributed by atoms with Crippen molar-refractivity contribution in [2.45, 2.75) is 6.92 Å². The van der Waals surface area contributed by atoms with E-state index < -0.39 is 0 Å². The second kappa shape index (κ2) is 4.90. The van der Waals surface area contributed by atoms with E-state index in [2.05, 4.69) is 27.6 Å². The maximum Gasteiger partial charge on any atom is 0.0735 e. The lowest BCUT2D eigenvalue weighted by atomic mass is 10.1. The molecule has 1 aromatic carbocycles. The maximum atomic E-state index is 6.13. The van der Waals surface area contributed by atoms with Crippen LogP contribution in [-0.4, -0.2) is 4.98 Å². The fourth-order valence-corrected chi connectivity index (χ4v) is 2.30. The molecular weight excluding hydrogens is 356 g/mol. The molecule has 1 aromatic heterocycles. The smallest absolute Gasteiger partial charge is 0.0735 e. The fourth-order valence-electron chi connectivity index (χ4n) is 1.42. The van der Waals surface area contributed by atoms with Crippen molar-refractivity contribution in [3.05, 3.63) is 49.6 Å². The third kappa shape index (κ3) is 2.34. The van der Waals surface area contributed by atoms with Crippen LogP contribution in [0, 0.1) is 10.5 Å². The number of nitrogens with zero attached hydrogens (tertiary/aromatic N) is 1. The summed E-state index contributed by atoms with van der Waals surface area (Å²) in [6, 6.07) is 7.46. The average Bonchev–Trinajstić information content (AvgIpc) is 2.23. The zero-order chi connectivity index (χ0) is 11.7. The van der Waals surface area contributed by atoms with Crippen LogP contribution in [-0.2, 0) is 0 Å². The second-order valence-electron chi connectivity index (χ2n) is 3.42. The Morgan fingerprint density at radius 3 is 2.38 bits per heavy atom. The van der Waals surface area contributed by atoms with Crippen LogP contribution in [0.25, 0.3) is 11.3 Å². The first-order chi connectivity index (χ1) is 7.59. The number of hydrogen-bond donors (Lipinski definition) is 0. The number of halogens is 3. The molecule has 0 unspecified atom stereocenters. The summed E-state index contributed by atoms with van der Waals surface area (Å²) in [6.07, 6.45) is 1.82. The van der Waals surface area contributed by atoms with Crippen LogP contribution in [0.2, 0.25) is 10.0 Å². The Morgan fingerprint density at radius 2 is 1.81 bits per heavy atom. The van der Waals surface area contributed by atoms with E-state index in [4.69, 9.17) is 23.2 Å². The van der Waals surface area contributed by atoms with Crippen molar-refractivity contribution < 1.29 is 0 Å². The topological polar surface area (TPSA) is 12.9 Å². The summed E-state index contributed by atoms with van der Waals surface area (Å²) in [4.78, 5) is 4.35. The molecule has 0 aliphatic rings. The van der Waals surface area contributed by atoms with Gasteiger partial charge in [-0.1, -0.05) is 29.3 Å². The van der Waals surface area contributed by atoms with Gasteiger partial charge in [0.25, 0.3) is 0 Å². The lowest BCUT2D eigenvalue weighted by Crippen LogP contribution is -1.89. The molecule has 0 bridgehead atoms. The lowest BCUT2D eigenvalue weighted by Gasteiger charge is -2.07. The highest BCUT2D eigenvalue weighted by Crippen LogP contribution is 2.33. The second-order valence-corrected chi connectivity index (χ2v) is 5.39. The van der Waals surface area contributed by atoms with E-state index in [-0.39, 0.29) is 0 Å². The molecule has 1 heterocycles. The van der Waals surface area contributed by atoms with Crippen LogP contribution >= 0.6 is 45.8 Å². The quantitative estimate of drug-likeness (QED) is 0.652. The van der Waals surface area contributed by atoms with Gasteiger partial charge in [-0.05, 0) is 53.3 Å². The van der Waals surface area contributed by atoms with E-state index in [1.165, 1.54) is 5.56 Å². The Labute approximate surface area is 118 Å². The normalized spacial score (nSPS) is 10.5. The average molecular weight is 364 g/mol. The minimum absolute atomic E-state index is 0.626. The number of benzene rings is 1. The molecule has 82 valence electrons. The molecule has 2 rings (SSSR count). The number of pyridine rings is 1. The Hall–Kier alpha value is -0.320. The monoisotopic (exact) mass is 363 g/mol. The first-order valence-corrected chi connectivity index (χ1v) is 6.49. The van der Waals surface area contributed by atoms with Crippen molar-refractivity contribution in [1.29, 1.82) is 0 Å². The van der Waals surface area contributed by atoms with Crippen LogP contribution in [0.3, 0.4) is 0 Å². The molecule has 0 aliphatic heterocycles. The summed E-state index contributed by atoms with van der Waals surface area (Å²) in [5.41, 5.74) is 2.78. The molecule has 0 saturated heterocycles. The molecule has 0 aliphatic carbocycles. The van der Waals surface area contributed by atoms with E-state index in [1.54, 1.807) is 0 Å². The van der Waals surface area contributed by atoms with Gasteiger partial charge in [-0.2, -0.15) is 0 Å². The van der Waals surface area contributed by atoms with Gasteiger partial charge in [0.05, 0.1) is 15.7 Å². The summed E-state index contributed by atoms with van der Waals surface area (Å²) >= 11 is 14.5. The van der Waals surface area contributed by atoms with Crippen LogP contribution in [0.15, 0.2) is 30.5 Å². The van der Waals surface area contributed by atoms with Gasteiger partial charge in [0.15, 0.2) is 0 Å². The predicted molar refractivity (Wildman–Crippen MR) is 77.1 cm³/mol. The fraction of sp³-hybridized carbons (Fsp3) is 0.0833. The zero-order valence-electron chi connectivity index (χ0n) is 8.47. The SMILES string of the molecule is Cc1cc(-c2c(Cl)cccc2Cl)ncc1I. The third-order valence-electron chi connectivity index (χ3n) is 2.27. The zero-order valence-corrected chi connectivity index (χ0v) is 12.1. The van der Waals surface area contributed by atoms with Gasteiger partial charge in [0, 0.05) is 15.3 Å². The molecule has 4 heteroatoms. The highest BCUT2D eigenvalue weighted by molar-refractivity contribution is 14.1. The van der Waals surface area contributed by atoms with Gasteiger partial charge >= 0.3 is 0 Å².